The summed E-state index contributed by atoms with van der Waals surface area (Å²) in [5, 5.41) is 1.21. The lowest BCUT2D eigenvalue weighted by molar-refractivity contribution is 0.306. The van der Waals surface area contributed by atoms with Crippen LogP contribution in [-0.2, 0) is 6.61 Å². The van der Waals surface area contributed by atoms with Crippen molar-refractivity contribution in [2.24, 2.45) is 0 Å². The molecule has 0 amide bonds. The van der Waals surface area contributed by atoms with Crippen molar-refractivity contribution in [3.05, 3.63) is 63.6 Å². The molecule has 0 aliphatic heterocycles. The summed E-state index contributed by atoms with van der Waals surface area (Å²) < 4.78 is 5.74. The van der Waals surface area contributed by atoms with Crippen LogP contribution in [0.1, 0.15) is 17.5 Å². The van der Waals surface area contributed by atoms with Crippen LogP contribution in [0.5, 0.6) is 5.75 Å². The van der Waals surface area contributed by atoms with Crippen molar-refractivity contribution in [3.8, 4) is 17.6 Å². The van der Waals surface area contributed by atoms with Gasteiger partial charge >= 0.3 is 0 Å². The molecule has 0 saturated heterocycles. The van der Waals surface area contributed by atoms with Gasteiger partial charge in [0, 0.05) is 33.5 Å². The third-order valence-corrected chi connectivity index (χ3v) is 3.47. The van der Waals surface area contributed by atoms with Crippen LogP contribution < -0.4 is 4.74 Å². The Morgan fingerprint density at radius 2 is 1.90 bits per heavy atom. The monoisotopic (exact) mass is 338 g/mol. The van der Waals surface area contributed by atoms with Crippen LogP contribution in [0.2, 0.25) is 10.0 Å². The van der Waals surface area contributed by atoms with Gasteiger partial charge in [-0.1, -0.05) is 47.2 Å². The van der Waals surface area contributed by atoms with Crippen molar-refractivity contribution in [2.45, 2.75) is 13.0 Å². The summed E-state index contributed by atoms with van der Waals surface area (Å²) in [6.45, 7) is 0.383. The summed E-state index contributed by atoms with van der Waals surface area (Å²) in [5.74, 6) is 7.33. The van der Waals surface area contributed by atoms with E-state index in [2.05, 4.69) is 11.8 Å². The normalized spacial score (nSPS) is 9.86. The van der Waals surface area contributed by atoms with Crippen LogP contribution >= 0.6 is 34.8 Å². The first-order valence-corrected chi connectivity index (χ1v) is 7.69. The molecule has 2 aromatic rings. The molecule has 2 aromatic carbocycles. The molecule has 0 aliphatic carbocycles. The third kappa shape index (κ3) is 5.17. The lowest BCUT2D eigenvalue weighted by Gasteiger charge is -2.08. The lowest BCUT2D eigenvalue weighted by Crippen LogP contribution is -1.96. The highest BCUT2D eigenvalue weighted by molar-refractivity contribution is 6.35. The Balaban J connectivity index is 2.03. The molecule has 0 aromatic heterocycles. The lowest BCUT2D eigenvalue weighted by atomic mass is 10.2. The average molecular weight is 340 g/mol. The van der Waals surface area contributed by atoms with Crippen molar-refractivity contribution in [2.75, 3.05) is 5.88 Å². The SMILES string of the molecule is ClCCC#Cc1cccc(OCc2ccc(Cl)cc2Cl)c1. The van der Waals surface area contributed by atoms with Gasteiger partial charge in [-0.05, 0) is 30.3 Å². The van der Waals surface area contributed by atoms with Crippen LogP contribution in [0.4, 0.5) is 0 Å². The Bertz CT molecular complexity index is 671. The van der Waals surface area contributed by atoms with Crippen LogP contribution in [0.15, 0.2) is 42.5 Å². The third-order valence-electron chi connectivity index (χ3n) is 2.70. The van der Waals surface area contributed by atoms with Crippen molar-refractivity contribution in [3.63, 3.8) is 0 Å². The first kappa shape index (κ1) is 16.0. The van der Waals surface area contributed by atoms with Crippen molar-refractivity contribution < 1.29 is 4.74 Å². The van der Waals surface area contributed by atoms with E-state index < -0.39 is 0 Å². The number of alkyl halides is 1. The number of hydrogen-bond donors (Lipinski definition) is 0. The number of rotatable bonds is 4. The second-order valence-corrected chi connectivity index (χ2v) is 5.51. The number of hydrogen-bond acceptors (Lipinski definition) is 1. The van der Waals surface area contributed by atoms with Gasteiger partial charge < -0.3 is 4.74 Å². The Hall–Kier alpha value is -1.33. The number of benzene rings is 2. The quantitative estimate of drug-likeness (QED) is 0.524. The van der Waals surface area contributed by atoms with Gasteiger partial charge in [-0.2, -0.15) is 0 Å². The van der Waals surface area contributed by atoms with Gasteiger partial charge in [0.25, 0.3) is 0 Å². The van der Waals surface area contributed by atoms with Crippen molar-refractivity contribution in [1.82, 2.24) is 0 Å². The fraction of sp³-hybridized carbons (Fsp3) is 0.176. The summed E-state index contributed by atoms with van der Waals surface area (Å²) in [5.41, 5.74) is 1.79. The molecule has 0 heterocycles. The summed E-state index contributed by atoms with van der Waals surface area (Å²) in [7, 11) is 0. The van der Waals surface area contributed by atoms with E-state index in [-0.39, 0.29) is 0 Å². The fourth-order valence-corrected chi connectivity index (χ4v) is 2.23. The summed E-state index contributed by atoms with van der Waals surface area (Å²) in [6.07, 6.45) is 0.674. The largest absolute Gasteiger partial charge is 0.489 e. The molecule has 0 bridgehead atoms. The molecule has 0 unspecified atom stereocenters. The minimum atomic E-state index is 0.383. The maximum atomic E-state index is 6.11. The van der Waals surface area contributed by atoms with Gasteiger partial charge in [-0.3, -0.25) is 0 Å². The maximum absolute atomic E-state index is 6.11. The molecule has 1 nitrogen and oxygen atoms in total. The molecular formula is C17H13Cl3O. The maximum Gasteiger partial charge on any atom is 0.121 e. The first-order chi connectivity index (χ1) is 10.2. The molecule has 2 rings (SSSR count). The molecule has 4 heteroatoms. The molecular weight excluding hydrogens is 327 g/mol. The van der Waals surface area contributed by atoms with E-state index in [1.165, 1.54) is 0 Å². The van der Waals surface area contributed by atoms with Gasteiger partial charge in [-0.15, -0.1) is 11.6 Å². The summed E-state index contributed by atoms with van der Waals surface area (Å²) >= 11 is 17.6. The molecule has 0 N–H and O–H groups in total. The van der Waals surface area contributed by atoms with Crippen molar-refractivity contribution >= 4 is 34.8 Å². The summed E-state index contributed by atoms with van der Waals surface area (Å²) in [6, 6.07) is 13.0. The van der Waals surface area contributed by atoms with E-state index in [1.807, 2.05) is 30.3 Å². The van der Waals surface area contributed by atoms with E-state index in [0.29, 0.717) is 29.0 Å². The second-order valence-electron chi connectivity index (χ2n) is 4.29. The van der Waals surface area contributed by atoms with Gasteiger partial charge in [-0.25, -0.2) is 0 Å². The Morgan fingerprint density at radius 1 is 1.05 bits per heavy atom. The second kappa shape index (κ2) is 8.20. The highest BCUT2D eigenvalue weighted by atomic mass is 35.5. The molecule has 108 valence electrons. The molecule has 0 aliphatic rings. The topological polar surface area (TPSA) is 9.23 Å². The Kier molecular flexibility index (Phi) is 6.26. The highest BCUT2D eigenvalue weighted by Crippen LogP contribution is 2.23. The van der Waals surface area contributed by atoms with E-state index in [0.717, 1.165) is 16.9 Å². The van der Waals surface area contributed by atoms with E-state index in [9.17, 15) is 0 Å². The summed E-state index contributed by atoms with van der Waals surface area (Å²) in [4.78, 5) is 0. The van der Waals surface area contributed by atoms with E-state index in [4.69, 9.17) is 39.5 Å². The Morgan fingerprint density at radius 3 is 2.67 bits per heavy atom. The smallest absolute Gasteiger partial charge is 0.121 e. The molecule has 0 spiro atoms. The number of halogens is 3. The predicted molar refractivity (Wildman–Crippen MR) is 89.5 cm³/mol. The van der Waals surface area contributed by atoms with Crippen molar-refractivity contribution in [1.29, 1.82) is 0 Å². The number of ether oxygens (including phenoxy) is 1. The molecule has 0 saturated carbocycles. The standard InChI is InChI=1S/C17H13Cl3O/c18-9-2-1-4-13-5-3-6-16(10-13)21-12-14-7-8-15(19)11-17(14)20/h3,5-8,10-11H,2,9,12H2. The van der Waals surface area contributed by atoms with Gasteiger partial charge in [0.15, 0.2) is 0 Å². The van der Waals surface area contributed by atoms with Gasteiger partial charge in [0.2, 0.25) is 0 Å². The minimum Gasteiger partial charge on any atom is -0.489 e. The first-order valence-electron chi connectivity index (χ1n) is 6.40. The molecule has 21 heavy (non-hydrogen) atoms. The molecule has 0 fully saturated rings. The highest BCUT2D eigenvalue weighted by Gasteiger charge is 2.02. The zero-order chi connectivity index (χ0) is 15.1. The van der Waals surface area contributed by atoms with E-state index >= 15 is 0 Å². The van der Waals surface area contributed by atoms with Crippen LogP contribution in [0, 0.1) is 11.8 Å². The van der Waals surface area contributed by atoms with Crippen LogP contribution in [0.25, 0.3) is 0 Å². The Labute approximate surface area is 139 Å². The van der Waals surface area contributed by atoms with Gasteiger partial charge in [0.05, 0.1) is 0 Å². The zero-order valence-electron chi connectivity index (χ0n) is 11.2. The van der Waals surface area contributed by atoms with Crippen LogP contribution in [-0.4, -0.2) is 5.88 Å². The minimum absolute atomic E-state index is 0.383. The predicted octanol–water partition coefficient (Wildman–Crippen LogP) is 5.55. The van der Waals surface area contributed by atoms with E-state index in [1.54, 1.807) is 12.1 Å². The zero-order valence-corrected chi connectivity index (χ0v) is 13.5. The molecule has 0 radical (unpaired) electrons. The van der Waals surface area contributed by atoms with Crippen LogP contribution in [0.3, 0.4) is 0 Å². The fourth-order valence-electron chi connectivity index (χ4n) is 1.68. The average Bonchev–Trinajstić information content (AvgIpc) is 2.47. The van der Waals surface area contributed by atoms with Gasteiger partial charge in [0.1, 0.15) is 12.4 Å². The molecule has 0 atom stereocenters.